The first-order chi connectivity index (χ1) is 17.4. The Morgan fingerprint density at radius 3 is 2.39 bits per heavy atom. The van der Waals surface area contributed by atoms with Crippen LogP contribution in [0.4, 0.5) is 22.9 Å². The molecule has 0 aliphatic carbocycles. The minimum Gasteiger partial charge on any atom is -0.378 e. The number of piperazine rings is 1. The molecule has 2 aromatic heterocycles. The Morgan fingerprint density at radius 1 is 1.00 bits per heavy atom. The Kier molecular flexibility index (Phi) is 6.32. The van der Waals surface area contributed by atoms with Crippen molar-refractivity contribution in [3.63, 3.8) is 0 Å². The number of fused-ring (bicyclic) bond motifs is 1. The van der Waals surface area contributed by atoms with Crippen molar-refractivity contribution >= 4 is 34.4 Å². The van der Waals surface area contributed by atoms with Crippen molar-refractivity contribution in [2.24, 2.45) is 0 Å². The highest BCUT2D eigenvalue weighted by atomic mass is 16.2. The van der Waals surface area contributed by atoms with E-state index in [-0.39, 0.29) is 18.1 Å². The van der Waals surface area contributed by atoms with Crippen LogP contribution in [0.25, 0.3) is 5.65 Å². The number of para-hydroxylation sites is 1. The highest BCUT2D eigenvalue weighted by Crippen LogP contribution is 2.23. The second-order valence-electron chi connectivity index (χ2n) is 9.13. The number of hydrogen-bond donors (Lipinski definition) is 1. The fourth-order valence-corrected chi connectivity index (χ4v) is 4.52. The van der Waals surface area contributed by atoms with Crippen LogP contribution in [0.15, 0.2) is 65.7 Å². The van der Waals surface area contributed by atoms with Gasteiger partial charge in [0.15, 0.2) is 5.82 Å². The molecule has 1 saturated heterocycles. The van der Waals surface area contributed by atoms with E-state index >= 15 is 0 Å². The Balaban J connectivity index is 1.31. The van der Waals surface area contributed by atoms with Gasteiger partial charge in [0.2, 0.25) is 11.6 Å². The molecule has 36 heavy (non-hydrogen) atoms. The summed E-state index contributed by atoms with van der Waals surface area (Å²) >= 11 is 0. The smallest absolute Gasteiger partial charge is 0.350 e. The summed E-state index contributed by atoms with van der Waals surface area (Å²) in [7, 11) is 3.91. The zero-order valence-electron chi connectivity index (χ0n) is 20.8. The molecule has 10 heteroatoms. The normalized spacial score (nSPS) is 13.8. The average Bonchev–Trinajstić information content (AvgIpc) is 3.20. The third kappa shape index (κ3) is 4.61. The molecule has 5 rings (SSSR count). The Hall–Kier alpha value is -4.34. The third-order valence-corrected chi connectivity index (χ3v) is 6.48. The second kappa shape index (κ2) is 9.73. The molecule has 186 valence electrons. The third-order valence-electron chi connectivity index (χ3n) is 6.48. The molecule has 1 fully saturated rings. The van der Waals surface area contributed by atoms with Crippen molar-refractivity contribution in [1.29, 1.82) is 0 Å². The number of nitrogens with one attached hydrogen (secondary N) is 1. The summed E-state index contributed by atoms with van der Waals surface area (Å²) in [4.78, 5) is 36.7. The number of rotatable bonds is 6. The number of carbonyl (C=O) groups excluding carboxylic acids is 1. The van der Waals surface area contributed by atoms with Crippen molar-refractivity contribution in [2.45, 2.75) is 13.5 Å². The molecule has 10 nitrogen and oxygen atoms in total. The molecule has 4 aromatic rings. The van der Waals surface area contributed by atoms with Gasteiger partial charge in [-0.15, -0.1) is 5.10 Å². The molecule has 1 aliphatic rings. The molecule has 0 unspecified atom stereocenters. The van der Waals surface area contributed by atoms with Gasteiger partial charge in [0, 0.05) is 69.7 Å². The van der Waals surface area contributed by atoms with Gasteiger partial charge in [-0.2, -0.15) is 0 Å². The molecule has 2 aromatic carbocycles. The summed E-state index contributed by atoms with van der Waals surface area (Å²) in [6, 6.07) is 15.9. The van der Waals surface area contributed by atoms with E-state index in [0.29, 0.717) is 17.2 Å². The van der Waals surface area contributed by atoms with Gasteiger partial charge < -0.3 is 20.0 Å². The lowest BCUT2D eigenvalue weighted by Gasteiger charge is -2.37. The predicted octanol–water partition coefficient (Wildman–Crippen LogP) is 2.23. The SMILES string of the molecule is Cc1ccccc1N1CCN(c2nccn3c(=O)n(CC(=O)Nc4ccc(N(C)C)cc4)nc23)CC1. The summed E-state index contributed by atoms with van der Waals surface area (Å²) in [5.41, 5.74) is 4.27. The monoisotopic (exact) mass is 486 g/mol. The van der Waals surface area contributed by atoms with Crippen molar-refractivity contribution in [1.82, 2.24) is 19.2 Å². The fraction of sp³-hybridized carbons (Fsp3) is 0.308. The topological polar surface area (TPSA) is 91.0 Å². The van der Waals surface area contributed by atoms with Gasteiger partial charge in [-0.1, -0.05) is 18.2 Å². The van der Waals surface area contributed by atoms with E-state index in [1.165, 1.54) is 20.3 Å². The van der Waals surface area contributed by atoms with E-state index in [1.54, 1.807) is 12.4 Å². The Morgan fingerprint density at radius 2 is 1.69 bits per heavy atom. The lowest BCUT2D eigenvalue weighted by atomic mass is 10.1. The molecule has 1 amide bonds. The van der Waals surface area contributed by atoms with Crippen molar-refractivity contribution in [3.05, 3.63) is 77.0 Å². The maximum absolute atomic E-state index is 13.0. The predicted molar refractivity (Wildman–Crippen MR) is 142 cm³/mol. The number of benzene rings is 2. The maximum atomic E-state index is 13.0. The lowest BCUT2D eigenvalue weighted by molar-refractivity contribution is -0.117. The number of carbonyl (C=O) groups is 1. The van der Waals surface area contributed by atoms with Crippen LogP contribution in [0.1, 0.15) is 5.56 Å². The first-order valence-electron chi connectivity index (χ1n) is 12.0. The molecule has 0 saturated carbocycles. The lowest BCUT2D eigenvalue weighted by Crippen LogP contribution is -2.47. The number of hydrogen-bond acceptors (Lipinski definition) is 7. The highest BCUT2D eigenvalue weighted by molar-refractivity contribution is 5.90. The van der Waals surface area contributed by atoms with Crippen LogP contribution in [0.3, 0.4) is 0 Å². The molecular weight excluding hydrogens is 456 g/mol. The van der Waals surface area contributed by atoms with Gasteiger partial charge in [0.05, 0.1) is 0 Å². The summed E-state index contributed by atoms with van der Waals surface area (Å²) in [5.74, 6) is 0.330. The van der Waals surface area contributed by atoms with E-state index in [0.717, 1.165) is 31.9 Å². The van der Waals surface area contributed by atoms with Gasteiger partial charge >= 0.3 is 5.69 Å². The van der Waals surface area contributed by atoms with Crippen LogP contribution in [-0.2, 0) is 11.3 Å². The van der Waals surface area contributed by atoms with E-state index < -0.39 is 0 Å². The highest BCUT2D eigenvalue weighted by Gasteiger charge is 2.23. The van der Waals surface area contributed by atoms with Crippen molar-refractivity contribution in [2.75, 3.05) is 60.3 Å². The Bertz CT molecular complexity index is 1430. The zero-order valence-corrected chi connectivity index (χ0v) is 20.8. The molecule has 0 atom stereocenters. The molecular formula is C26H30N8O2. The molecule has 0 bridgehead atoms. The van der Waals surface area contributed by atoms with E-state index in [2.05, 4.69) is 56.4 Å². The van der Waals surface area contributed by atoms with Gasteiger partial charge in [-0.05, 0) is 42.8 Å². The summed E-state index contributed by atoms with van der Waals surface area (Å²) in [5, 5.41) is 7.31. The molecule has 0 spiro atoms. The van der Waals surface area contributed by atoms with Crippen LogP contribution in [-0.4, -0.2) is 65.3 Å². The number of aryl methyl sites for hydroxylation is 1. The number of aromatic nitrogens is 4. The summed E-state index contributed by atoms with van der Waals surface area (Å²) in [6.07, 6.45) is 3.20. The second-order valence-corrected chi connectivity index (χ2v) is 9.13. The van der Waals surface area contributed by atoms with Crippen molar-refractivity contribution < 1.29 is 4.79 Å². The molecule has 1 aliphatic heterocycles. The van der Waals surface area contributed by atoms with Gasteiger partial charge in [0.25, 0.3) is 0 Å². The molecule has 3 heterocycles. The van der Waals surface area contributed by atoms with E-state index in [1.807, 2.05) is 43.3 Å². The van der Waals surface area contributed by atoms with Crippen LogP contribution >= 0.6 is 0 Å². The average molecular weight is 487 g/mol. The Labute approximate surface area is 209 Å². The first-order valence-corrected chi connectivity index (χ1v) is 12.0. The maximum Gasteiger partial charge on any atom is 0.350 e. The van der Waals surface area contributed by atoms with Crippen LogP contribution < -0.4 is 25.7 Å². The number of nitrogens with zero attached hydrogens (tertiary/aromatic N) is 7. The van der Waals surface area contributed by atoms with Crippen LogP contribution in [0.5, 0.6) is 0 Å². The number of amides is 1. The zero-order chi connectivity index (χ0) is 25.2. The van der Waals surface area contributed by atoms with E-state index in [4.69, 9.17) is 0 Å². The van der Waals surface area contributed by atoms with E-state index in [9.17, 15) is 9.59 Å². The minimum atomic E-state index is -0.370. The number of anilines is 4. The first kappa shape index (κ1) is 23.4. The quantitative estimate of drug-likeness (QED) is 0.447. The molecule has 1 N–H and O–H groups in total. The minimum absolute atomic E-state index is 0.184. The van der Waals surface area contributed by atoms with Crippen molar-refractivity contribution in [3.8, 4) is 0 Å². The summed E-state index contributed by atoms with van der Waals surface area (Å²) in [6.45, 7) is 5.13. The van der Waals surface area contributed by atoms with Crippen LogP contribution in [0.2, 0.25) is 0 Å². The van der Waals surface area contributed by atoms with Gasteiger partial charge in [-0.3, -0.25) is 4.79 Å². The van der Waals surface area contributed by atoms with Gasteiger partial charge in [-0.25, -0.2) is 18.9 Å². The van der Waals surface area contributed by atoms with Gasteiger partial charge in [0.1, 0.15) is 6.54 Å². The standard InChI is InChI=1S/C26H30N8O2/c1-19-6-4-5-7-22(19)31-14-16-32(17-15-31)24-25-29-34(26(36)33(25)13-12-27-24)18-23(35)28-20-8-10-21(11-9-20)30(2)3/h4-13H,14-18H2,1-3H3,(H,28,35). The molecule has 0 radical (unpaired) electrons. The summed E-state index contributed by atoms with van der Waals surface area (Å²) < 4.78 is 2.64. The van der Waals surface area contributed by atoms with Crippen LogP contribution in [0, 0.1) is 6.92 Å². The fourth-order valence-electron chi connectivity index (χ4n) is 4.52. The largest absolute Gasteiger partial charge is 0.378 e.